The molecule has 0 spiro atoms. The molecule has 24 nitrogen and oxygen atoms in total. The Morgan fingerprint density at radius 3 is 1.44 bits per heavy atom. The summed E-state index contributed by atoms with van der Waals surface area (Å²) in [5.41, 5.74) is -1.05. The third kappa shape index (κ3) is 10.2. The minimum atomic E-state index is -3.99. The first-order valence-electron chi connectivity index (χ1n) is 15.7. The average molecular weight is 886 g/mol. The number of aromatic nitrogens is 4. The Morgan fingerprint density at radius 2 is 1.02 bits per heavy atom. The van der Waals surface area contributed by atoms with Crippen molar-refractivity contribution < 1.29 is 65.9 Å². The molecule has 2 heterocycles. The van der Waals surface area contributed by atoms with Crippen molar-refractivity contribution in [2.75, 3.05) is 0 Å². The Bertz CT molecular complexity index is 2910. The summed E-state index contributed by atoms with van der Waals surface area (Å²) < 4.78 is 47.8. The van der Waals surface area contributed by atoms with Crippen LogP contribution in [0.25, 0.3) is 11.4 Å². The summed E-state index contributed by atoms with van der Waals surface area (Å²) in [4.78, 5) is 19.7. The normalized spacial score (nSPS) is 11.6. The van der Waals surface area contributed by atoms with Crippen molar-refractivity contribution in [3.63, 3.8) is 0 Å². The van der Waals surface area contributed by atoms with Crippen LogP contribution in [0.2, 0.25) is 0 Å². The van der Waals surface area contributed by atoms with Gasteiger partial charge in [0.2, 0.25) is 20.0 Å². The molecule has 0 atom stereocenters. The van der Waals surface area contributed by atoms with Crippen molar-refractivity contribution in [3.8, 4) is 34.6 Å². The largest absolute Gasteiger partial charge is 3.00 e. The van der Waals surface area contributed by atoms with Crippen molar-refractivity contribution in [2.45, 2.75) is 23.6 Å². The van der Waals surface area contributed by atoms with Gasteiger partial charge in [0.15, 0.2) is 0 Å². The Hall–Kier alpha value is -7.15. The summed E-state index contributed by atoms with van der Waals surface area (Å²) >= 11 is 0. The number of sulfonamides is 2. The molecule has 59 heavy (non-hydrogen) atoms. The molecule has 0 saturated heterocycles. The molecule has 2 aromatic heterocycles. The number of benzene rings is 4. The summed E-state index contributed by atoms with van der Waals surface area (Å²) in [6.45, 7) is 2.94. The van der Waals surface area contributed by atoms with Crippen molar-refractivity contribution in [1.82, 2.24) is 19.6 Å². The average Bonchev–Trinajstić information content (AvgIpc) is 3.61. The van der Waals surface area contributed by atoms with E-state index < -0.39 is 58.8 Å². The summed E-state index contributed by atoms with van der Waals surface area (Å²) in [7, 11) is -7.96. The third-order valence-electron chi connectivity index (χ3n) is 7.58. The fourth-order valence-corrected chi connectivity index (χ4v) is 5.87. The Labute approximate surface area is 344 Å². The van der Waals surface area contributed by atoms with Gasteiger partial charge in [-0.05, 0) is 56.3 Å². The molecular formula is C32H25CrN12O12S2. The topological polar surface area (TPSA) is 384 Å². The van der Waals surface area contributed by atoms with Crippen LogP contribution in [0, 0.1) is 34.1 Å². The SMILES string of the molecule is Cc1nn(-c2cccc(S(N)(=O)=O)c2)c([O-])c1N=Nc1cc([N+](=O)[O-])ccc1[O-].Cc1nn(-c2cccc(S(N)(=O)=O)c2)c([O-])c1N=Nc1ccc([N+](=O)[O-])cc1[O-].[Cr+3].[H+]. The first kappa shape index (κ1) is 44.6. The molecule has 0 bridgehead atoms. The van der Waals surface area contributed by atoms with Crippen LogP contribution in [0.3, 0.4) is 0 Å². The molecule has 1 radical (unpaired) electrons. The number of nitro groups is 2. The molecule has 27 heteroatoms. The van der Waals surface area contributed by atoms with Crippen LogP contribution in [-0.2, 0) is 37.4 Å². The minimum Gasteiger partial charge on any atom is -0.871 e. The summed E-state index contributed by atoms with van der Waals surface area (Å²) in [6.07, 6.45) is 0. The molecule has 0 aliphatic rings. The van der Waals surface area contributed by atoms with Crippen LogP contribution in [0.15, 0.2) is 115 Å². The van der Waals surface area contributed by atoms with Crippen molar-refractivity contribution >= 4 is 54.2 Å². The number of non-ortho nitro benzene ring substituents is 2. The second kappa shape index (κ2) is 17.6. The molecule has 0 aliphatic heterocycles. The van der Waals surface area contributed by atoms with Crippen LogP contribution in [0.4, 0.5) is 34.1 Å². The number of nitro benzene ring substituents is 2. The molecule has 4 N–H and O–H groups in total. The van der Waals surface area contributed by atoms with Crippen LogP contribution < -0.4 is 30.7 Å². The van der Waals surface area contributed by atoms with E-state index >= 15 is 0 Å². The van der Waals surface area contributed by atoms with Gasteiger partial charge < -0.3 is 20.4 Å². The van der Waals surface area contributed by atoms with E-state index in [0.717, 1.165) is 45.8 Å². The molecule has 0 unspecified atom stereocenters. The second-order valence-corrected chi connectivity index (χ2v) is 14.7. The number of primary sulfonamides is 2. The number of azo groups is 2. The fraction of sp³-hybridized carbons (Fsp3) is 0.0625. The Morgan fingerprint density at radius 1 is 0.593 bits per heavy atom. The standard InChI is InChI=1S/2C16H14N6O6S.Cr/c1-9-15(19-18-13-8-11(22(25)26)5-6-14(13)23)16(24)21(20-9)10-3-2-4-12(7-10)29(17,27)28;1-9-15(19-18-13-6-5-11(22(25)26)8-14(13)23)16(24)21(20-9)10-3-2-4-12(7-10)29(17,27)28;/h2*2-8,23-24H,1H3,(H2,17,27,28);/q;;+3/p-3. The molecule has 0 saturated carbocycles. The maximum Gasteiger partial charge on any atom is 3.00 e. The molecular weight excluding hydrogens is 861 g/mol. The molecule has 6 rings (SSSR count). The van der Waals surface area contributed by atoms with Crippen molar-refractivity contribution in [3.05, 3.63) is 117 Å². The van der Waals surface area contributed by atoms with E-state index in [1.54, 1.807) is 0 Å². The Kier molecular flexibility index (Phi) is 13.3. The summed E-state index contributed by atoms with van der Waals surface area (Å²) in [5.74, 6) is -2.78. The zero-order chi connectivity index (χ0) is 42.7. The molecule has 6 aromatic rings. The van der Waals surface area contributed by atoms with Crippen LogP contribution in [0.5, 0.6) is 23.3 Å². The minimum absolute atomic E-state index is 0. The van der Waals surface area contributed by atoms with Crippen LogP contribution in [0.1, 0.15) is 12.8 Å². The third-order valence-corrected chi connectivity index (χ3v) is 9.40. The van der Waals surface area contributed by atoms with Gasteiger partial charge in [-0.1, -0.05) is 29.7 Å². The number of nitrogens with zero attached hydrogens (tertiary/aromatic N) is 10. The van der Waals surface area contributed by atoms with Crippen LogP contribution >= 0.6 is 0 Å². The molecule has 0 amide bonds. The maximum absolute atomic E-state index is 12.6. The fourth-order valence-electron chi connectivity index (χ4n) is 4.76. The molecule has 0 fully saturated rings. The van der Waals surface area contributed by atoms with Crippen molar-refractivity contribution in [2.24, 2.45) is 30.7 Å². The van der Waals surface area contributed by atoms with Gasteiger partial charge in [-0.15, -0.1) is 10.2 Å². The van der Waals surface area contributed by atoms with E-state index in [2.05, 4.69) is 30.7 Å². The van der Waals surface area contributed by atoms with E-state index in [0.29, 0.717) is 0 Å². The van der Waals surface area contributed by atoms with Gasteiger partial charge in [-0.3, -0.25) is 20.2 Å². The van der Waals surface area contributed by atoms with E-state index in [-0.39, 0.29) is 79.8 Å². The second-order valence-electron chi connectivity index (χ2n) is 11.6. The van der Waals surface area contributed by atoms with Gasteiger partial charge in [0, 0.05) is 36.0 Å². The van der Waals surface area contributed by atoms with Gasteiger partial charge in [0.1, 0.15) is 11.4 Å². The summed E-state index contributed by atoms with van der Waals surface area (Å²) in [6, 6.07) is 16.5. The Balaban J connectivity index is 0.000000310. The molecule has 0 aliphatic carbocycles. The predicted octanol–water partition coefficient (Wildman–Crippen LogP) is 2.71. The zero-order valence-corrected chi connectivity index (χ0v) is 32.7. The monoisotopic (exact) mass is 885 g/mol. The first-order valence-corrected chi connectivity index (χ1v) is 18.8. The van der Waals surface area contributed by atoms with E-state index in [4.69, 9.17) is 10.3 Å². The maximum atomic E-state index is 12.6. The van der Waals surface area contributed by atoms with Crippen LogP contribution in [-0.4, -0.2) is 46.2 Å². The number of nitrogens with two attached hydrogens (primary N) is 2. The smallest absolute Gasteiger partial charge is 0.871 e. The number of aryl methyl sites for hydroxylation is 2. The van der Waals surface area contributed by atoms with Gasteiger partial charge in [-0.25, -0.2) is 36.5 Å². The van der Waals surface area contributed by atoms with E-state index in [1.165, 1.54) is 62.4 Å². The quantitative estimate of drug-likeness (QED) is 0.113. The zero-order valence-electron chi connectivity index (χ0n) is 30.8. The van der Waals surface area contributed by atoms with Gasteiger partial charge >= 0.3 is 18.8 Å². The molecule has 303 valence electrons. The summed E-state index contributed by atoms with van der Waals surface area (Å²) in [5, 5.41) is 103. The van der Waals surface area contributed by atoms with Gasteiger partial charge in [0.25, 0.3) is 11.4 Å². The number of rotatable bonds is 10. The van der Waals surface area contributed by atoms with Gasteiger partial charge in [0.05, 0.1) is 53.8 Å². The van der Waals surface area contributed by atoms with Gasteiger partial charge in [-0.2, -0.15) is 20.4 Å². The number of hydrogen-bond donors (Lipinski definition) is 2. The first-order chi connectivity index (χ1) is 27.1. The van der Waals surface area contributed by atoms with E-state index in [1.807, 2.05) is 0 Å². The predicted molar refractivity (Wildman–Crippen MR) is 193 cm³/mol. The van der Waals surface area contributed by atoms with E-state index in [9.17, 15) is 57.5 Å². The molecule has 4 aromatic carbocycles. The number of hydrogen-bond acceptors (Lipinski definition) is 18. The van der Waals surface area contributed by atoms with Crippen molar-refractivity contribution in [1.29, 1.82) is 0 Å².